The molecule has 0 radical (unpaired) electrons. The molecular weight excluding hydrogens is 230 g/mol. The average Bonchev–Trinajstić information content (AvgIpc) is 2.37. The molecule has 0 saturated heterocycles. The summed E-state index contributed by atoms with van der Waals surface area (Å²) < 4.78 is 0. The molecule has 2 rings (SSSR count). The maximum atomic E-state index is 5.97. The van der Waals surface area contributed by atoms with E-state index in [2.05, 4.69) is 30.1 Å². The van der Waals surface area contributed by atoms with E-state index in [0.29, 0.717) is 5.92 Å². The van der Waals surface area contributed by atoms with Crippen LogP contribution < -0.4 is 0 Å². The third-order valence-electron chi connectivity index (χ3n) is 3.03. The van der Waals surface area contributed by atoms with E-state index in [-0.39, 0.29) is 0 Å². The van der Waals surface area contributed by atoms with Crippen LogP contribution in [0.2, 0.25) is 5.02 Å². The van der Waals surface area contributed by atoms with Crippen molar-refractivity contribution in [3.8, 4) is 0 Å². The molecule has 88 valence electrons. The van der Waals surface area contributed by atoms with Gasteiger partial charge in [0.15, 0.2) is 0 Å². The standard InChI is InChI=1S/C15H16ClN/c1-12(14-7-9-17-10-8-14)5-6-13-3-2-4-15(16)11-13/h2-4,7-12H,5-6H2,1H3. The second-order valence-electron chi connectivity index (χ2n) is 4.35. The molecule has 1 aromatic heterocycles. The first-order valence-electron chi connectivity index (χ1n) is 5.90. The van der Waals surface area contributed by atoms with Crippen molar-refractivity contribution in [3.63, 3.8) is 0 Å². The van der Waals surface area contributed by atoms with Crippen LogP contribution in [0.3, 0.4) is 0 Å². The molecule has 0 fully saturated rings. The Labute approximate surface area is 107 Å². The summed E-state index contributed by atoms with van der Waals surface area (Å²) in [4.78, 5) is 4.04. The van der Waals surface area contributed by atoms with E-state index in [4.69, 9.17) is 11.6 Å². The number of halogens is 1. The minimum atomic E-state index is 0.553. The lowest BCUT2D eigenvalue weighted by atomic mass is 9.95. The van der Waals surface area contributed by atoms with Crippen molar-refractivity contribution in [2.45, 2.75) is 25.7 Å². The summed E-state index contributed by atoms with van der Waals surface area (Å²) in [5.41, 5.74) is 2.65. The van der Waals surface area contributed by atoms with Gasteiger partial charge in [0, 0.05) is 17.4 Å². The topological polar surface area (TPSA) is 12.9 Å². The molecule has 0 aliphatic heterocycles. The molecule has 0 amide bonds. The first kappa shape index (κ1) is 12.1. The number of aromatic nitrogens is 1. The van der Waals surface area contributed by atoms with Crippen LogP contribution >= 0.6 is 11.6 Å². The summed E-state index contributed by atoms with van der Waals surface area (Å²) in [6, 6.07) is 12.3. The number of hydrogen-bond acceptors (Lipinski definition) is 1. The summed E-state index contributed by atoms with van der Waals surface area (Å²) in [5, 5.41) is 0.819. The molecule has 1 nitrogen and oxygen atoms in total. The third-order valence-corrected chi connectivity index (χ3v) is 3.27. The zero-order valence-corrected chi connectivity index (χ0v) is 10.7. The van der Waals surface area contributed by atoms with Gasteiger partial charge in [0.2, 0.25) is 0 Å². The van der Waals surface area contributed by atoms with Crippen LogP contribution in [0.25, 0.3) is 0 Å². The first-order valence-corrected chi connectivity index (χ1v) is 6.28. The Morgan fingerprint density at radius 1 is 1.18 bits per heavy atom. The maximum Gasteiger partial charge on any atom is 0.0408 e. The predicted molar refractivity (Wildman–Crippen MR) is 72.4 cm³/mol. The second-order valence-corrected chi connectivity index (χ2v) is 4.79. The smallest absolute Gasteiger partial charge is 0.0408 e. The van der Waals surface area contributed by atoms with Crippen LogP contribution in [-0.2, 0) is 6.42 Å². The molecule has 0 aliphatic carbocycles. The molecule has 0 saturated carbocycles. The quantitative estimate of drug-likeness (QED) is 0.775. The molecule has 0 aliphatic rings. The predicted octanol–water partition coefficient (Wildman–Crippen LogP) is 4.47. The van der Waals surface area contributed by atoms with Gasteiger partial charge in [-0.3, -0.25) is 4.98 Å². The van der Waals surface area contributed by atoms with E-state index in [0.717, 1.165) is 17.9 Å². The van der Waals surface area contributed by atoms with Crippen molar-refractivity contribution in [1.29, 1.82) is 0 Å². The molecule has 17 heavy (non-hydrogen) atoms. The third kappa shape index (κ3) is 3.57. The van der Waals surface area contributed by atoms with Gasteiger partial charge in [-0.05, 0) is 54.2 Å². The summed E-state index contributed by atoms with van der Waals surface area (Å²) in [6.45, 7) is 2.25. The van der Waals surface area contributed by atoms with Crippen LogP contribution in [-0.4, -0.2) is 4.98 Å². The number of aryl methyl sites for hydroxylation is 1. The fourth-order valence-corrected chi connectivity index (χ4v) is 2.15. The van der Waals surface area contributed by atoms with E-state index in [1.807, 2.05) is 30.6 Å². The van der Waals surface area contributed by atoms with E-state index >= 15 is 0 Å². The SMILES string of the molecule is CC(CCc1cccc(Cl)c1)c1ccncc1. The monoisotopic (exact) mass is 245 g/mol. The zero-order chi connectivity index (χ0) is 12.1. The van der Waals surface area contributed by atoms with Crippen LogP contribution in [0.15, 0.2) is 48.8 Å². The number of rotatable bonds is 4. The Bertz CT molecular complexity index is 467. The summed E-state index contributed by atoms with van der Waals surface area (Å²) >= 11 is 5.97. The maximum absolute atomic E-state index is 5.97. The Balaban J connectivity index is 1.95. The molecule has 2 heteroatoms. The molecule has 1 unspecified atom stereocenters. The summed E-state index contributed by atoms with van der Waals surface area (Å²) in [5.74, 6) is 0.553. The van der Waals surface area contributed by atoms with Crippen molar-refractivity contribution in [2.24, 2.45) is 0 Å². The lowest BCUT2D eigenvalue weighted by molar-refractivity contribution is 0.678. The lowest BCUT2D eigenvalue weighted by Crippen LogP contribution is -1.96. The van der Waals surface area contributed by atoms with E-state index in [9.17, 15) is 0 Å². The van der Waals surface area contributed by atoms with Gasteiger partial charge in [-0.25, -0.2) is 0 Å². The molecular formula is C15H16ClN. The number of hydrogen-bond donors (Lipinski definition) is 0. The zero-order valence-electron chi connectivity index (χ0n) is 9.94. The van der Waals surface area contributed by atoms with Gasteiger partial charge < -0.3 is 0 Å². The van der Waals surface area contributed by atoms with Crippen LogP contribution in [0.4, 0.5) is 0 Å². The normalized spacial score (nSPS) is 12.4. The van der Waals surface area contributed by atoms with Gasteiger partial charge in [-0.15, -0.1) is 0 Å². The highest BCUT2D eigenvalue weighted by molar-refractivity contribution is 6.30. The Hall–Kier alpha value is -1.34. The Kier molecular flexibility index (Phi) is 4.16. The fourth-order valence-electron chi connectivity index (χ4n) is 1.93. The molecule has 2 aromatic rings. The average molecular weight is 246 g/mol. The van der Waals surface area contributed by atoms with Gasteiger partial charge >= 0.3 is 0 Å². The summed E-state index contributed by atoms with van der Waals surface area (Å²) in [6.07, 6.45) is 5.89. The van der Waals surface area contributed by atoms with Gasteiger partial charge in [0.1, 0.15) is 0 Å². The molecule has 0 N–H and O–H groups in total. The molecule has 1 atom stereocenters. The molecule has 1 aromatic carbocycles. The van der Waals surface area contributed by atoms with Crippen LogP contribution in [0.1, 0.15) is 30.4 Å². The highest BCUT2D eigenvalue weighted by atomic mass is 35.5. The summed E-state index contributed by atoms with van der Waals surface area (Å²) in [7, 11) is 0. The Morgan fingerprint density at radius 3 is 2.65 bits per heavy atom. The van der Waals surface area contributed by atoms with Crippen LogP contribution in [0, 0.1) is 0 Å². The number of nitrogens with zero attached hydrogens (tertiary/aromatic N) is 1. The van der Waals surface area contributed by atoms with E-state index in [1.54, 1.807) is 0 Å². The Morgan fingerprint density at radius 2 is 1.94 bits per heavy atom. The first-order chi connectivity index (χ1) is 8.25. The minimum Gasteiger partial charge on any atom is -0.265 e. The van der Waals surface area contributed by atoms with Crippen LogP contribution in [0.5, 0.6) is 0 Å². The van der Waals surface area contributed by atoms with Gasteiger partial charge in [-0.1, -0.05) is 30.7 Å². The lowest BCUT2D eigenvalue weighted by Gasteiger charge is -2.11. The largest absolute Gasteiger partial charge is 0.265 e. The highest BCUT2D eigenvalue weighted by Gasteiger charge is 2.05. The van der Waals surface area contributed by atoms with Crippen molar-refractivity contribution < 1.29 is 0 Å². The van der Waals surface area contributed by atoms with E-state index in [1.165, 1.54) is 11.1 Å². The fraction of sp³-hybridized carbons (Fsp3) is 0.267. The van der Waals surface area contributed by atoms with Crippen molar-refractivity contribution in [1.82, 2.24) is 4.98 Å². The number of pyridine rings is 1. The molecule has 0 spiro atoms. The number of benzene rings is 1. The highest BCUT2D eigenvalue weighted by Crippen LogP contribution is 2.21. The molecule has 0 bridgehead atoms. The van der Waals surface area contributed by atoms with Crippen molar-refractivity contribution in [3.05, 3.63) is 64.9 Å². The van der Waals surface area contributed by atoms with Crippen molar-refractivity contribution >= 4 is 11.6 Å². The second kappa shape index (κ2) is 5.83. The van der Waals surface area contributed by atoms with E-state index < -0.39 is 0 Å². The van der Waals surface area contributed by atoms with Gasteiger partial charge in [0.05, 0.1) is 0 Å². The minimum absolute atomic E-state index is 0.553. The van der Waals surface area contributed by atoms with Gasteiger partial charge in [0.25, 0.3) is 0 Å². The molecule has 1 heterocycles. The van der Waals surface area contributed by atoms with Crippen molar-refractivity contribution in [2.75, 3.05) is 0 Å². The van der Waals surface area contributed by atoms with Gasteiger partial charge in [-0.2, -0.15) is 0 Å².